The first kappa shape index (κ1) is 15.6. The molecule has 0 heterocycles. The average Bonchev–Trinajstić information content (AvgIpc) is 2.39. The third-order valence-corrected chi connectivity index (χ3v) is 5.02. The van der Waals surface area contributed by atoms with Crippen molar-refractivity contribution in [2.24, 2.45) is 0 Å². The highest BCUT2D eigenvalue weighted by Gasteiger charge is 2.21. The van der Waals surface area contributed by atoms with E-state index in [2.05, 4.69) is 4.72 Å². The number of nitrogens with one attached hydrogen (secondary N) is 1. The fraction of sp³-hybridized carbons (Fsp3) is 0.143. The largest absolute Gasteiger partial charge is 0.396 e. The van der Waals surface area contributed by atoms with E-state index in [4.69, 9.17) is 17.3 Å². The molecule has 112 valence electrons. The summed E-state index contributed by atoms with van der Waals surface area (Å²) in [6.07, 6.45) is 0. The zero-order chi connectivity index (χ0) is 15.8. The van der Waals surface area contributed by atoms with E-state index in [1.807, 2.05) is 13.0 Å². The molecule has 0 aliphatic heterocycles. The van der Waals surface area contributed by atoms with Gasteiger partial charge in [-0.05, 0) is 43.2 Å². The van der Waals surface area contributed by atoms with Gasteiger partial charge in [0.25, 0.3) is 10.0 Å². The van der Waals surface area contributed by atoms with Crippen LogP contribution < -0.4 is 10.5 Å². The minimum absolute atomic E-state index is 0.223. The van der Waals surface area contributed by atoms with Crippen molar-refractivity contribution in [3.63, 3.8) is 0 Å². The van der Waals surface area contributed by atoms with Gasteiger partial charge in [0.05, 0.1) is 16.4 Å². The highest BCUT2D eigenvalue weighted by molar-refractivity contribution is 7.92. The van der Waals surface area contributed by atoms with Crippen LogP contribution in [0.4, 0.5) is 15.8 Å². The van der Waals surface area contributed by atoms with Crippen molar-refractivity contribution in [3.8, 4) is 0 Å². The standard InChI is InChI=1S/C14H14ClFN2O2S/c1-8-4-3-5-13(9(8)2)18-21(19,20)14-7-12(17)11(16)6-10(14)15/h3-7,18H,17H2,1-2H3. The van der Waals surface area contributed by atoms with Crippen molar-refractivity contribution in [2.45, 2.75) is 18.7 Å². The molecule has 2 rings (SSSR count). The molecule has 21 heavy (non-hydrogen) atoms. The fourth-order valence-corrected chi connectivity index (χ4v) is 3.49. The molecular formula is C14H14ClFN2O2S. The summed E-state index contributed by atoms with van der Waals surface area (Å²) in [5.41, 5.74) is 7.31. The number of rotatable bonds is 3. The third kappa shape index (κ3) is 3.11. The maximum Gasteiger partial charge on any atom is 0.263 e. The van der Waals surface area contributed by atoms with Crippen LogP contribution in [0.2, 0.25) is 5.02 Å². The molecule has 0 fully saturated rings. The number of anilines is 2. The molecule has 0 radical (unpaired) electrons. The number of nitrogens with two attached hydrogens (primary N) is 1. The molecule has 0 bridgehead atoms. The van der Waals surface area contributed by atoms with Crippen molar-refractivity contribution in [2.75, 3.05) is 10.5 Å². The van der Waals surface area contributed by atoms with Gasteiger partial charge in [-0.1, -0.05) is 23.7 Å². The summed E-state index contributed by atoms with van der Waals surface area (Å²) in [4.78, 5) is -0.260. The van der Waals surface area contributed by atoms with E-state index in [1.165, 1.54) is 0 Å². The van der Waals surface area contributed by atoms with Crippen LogP contribution in [0, 0.1) is 19.7 Å². The van der Waals surface area contributed by atoms with Gasteiger partial charge in [-0.3, -0.25) is 4.72 Å². The van der Waals surface area contributed by atoms with E-state index in [-0.39, 0.29) is 15.6 Å². The summed E-state index contributed by atoms with van der Waals surface area (Å²) in [5.74, 6) is -0.759. The molecule has 0 amide bonds. The maximum absolute atomic E-state index is 13.3. The van der Waals surface area contributed by atoms with Gasteiger partial charge in [0.1, 0.15) is 10.7 Å². The molecule has 0 atom stereocenters. The zero-order valence-electron chi connectivity index (χ0n) is 11.4. The summed E-state index contributed by atoms with van der Waals surface area (Å²) in [7, 11) is -3.95. The molecule has 3 N–H and O–H groups in total. The lowest BCUT2D eigenvalue weighted by Gasteiger charge is -2.13. The van der Waals surface area contributed by atoms with Gasteiger partial charge >= 0.3 is 0 Å². The second-order valence-corrected chi connectivity index (χ2v) is 6.72. The normalized spacial score (nSPS) is 11.4. The topological polar surface area (TPSA) is 72.2 Å². The average molecular weight is 329 g/mol. The molecule has 0 aliphatic rings. The summed E-state index contributed by atoms with van der Waals surface area (Å²) in [6, 6.07) is 7.14. The van der Waals surface area contributed by atoms with Crippen molar-refractivity contribution in [1.82, 2.24) is 0 Å². The van der Waals surface area contributed by atoms with Crippen LogP contribution in [0.25, 0.3) is 0 Å². The van der Waals surface area contributed by atoms with Crippen LogP contribution in [0.3, 0.4) is 0 Å². The lowest BCUT2D eigenvalue weighted by Crippen LogP contribution is -2.15. The number of hydrogen-bond donors (Lipinski definition) is 2. The van der Waals surface area contributed by atoms with Crippen LogP contribution in [0.15, 0.2) is 35.2 Å². The highest BCUT2D eigenvalue weighted by Crippen LogP contribution is 2.29. The Kier molecular flexibility index (Phi) is 4.11. The van der Waals surface area contributed by atoms with E-state index in [9.17, 15) is 12.8 Å². The minimum Gasteiger partial charge on any atom is -0.396 e. The third-order valence-electron chi connectivity index (χ3n) is 3.19. The second-order valence-electron chi connectivity index (χ2n) is 4.66. The Labute approximate surface area is 127 Å². The van der Waals surface area contributed by atoms with Crippen LogP contribution in [0.5, 0.6) is 0 Å². The van der Waals surface area contributed by atoms with Gasteiger partial charge in [0, 0.05) is 0 Å². The van der Waals surface area contributed by atoms with E-state index < -0.39 is 15.8 Å². The summed E-state index contributed by atoms with van der Waals surface area (Å²) >= 11 is 5.81. The molecule has 0 unspecified atom stereocenters. The number of halogens is 2. The van der Waals surface area contributed by atoms with Crippen molar-refractivity contribution in [1.29, 1.82) is 0 Å². The Bertz CT molecular complexity index is 807. The zero-order valence-corrected chi connectivity index (χ0v) is 13.0. The fourth-order valence-electron chi connectivity index (χ4n) is 1.81. The molecule has 4 nitrogen and oxygen atoms in total. The van der Waals surface area contributed by atoms with Gasteiger partial charge in [-0.15, -0.1) is 0 Å². The monoisotopic (exact) mass is 328 g/mol. The predicted molar refractivity (Wildman–Crippen MR) is 82.5 cm³/mol. The molecule has 2 aromatic carbocycles. The highest BCUT2D eigenvalue weighted by atomic mass is 35.5. The molecule has 0 aromatic heterocycles. The number of aryl methyl sites for hydroxylation is 1. The summed E-state index contributed by atoms with van der Waals surface area (Å²) < 4.78 is 40.5. The number of benzene rings is 2. The first-order valence-electron chi connectivity index (χ1n) is 6.06. The quantitative estimate of drug-likeness (QED) is 0.847. The van der Waals surface area contributed by atoms with E-state index in [1.54, 1.807) is 19.1 Å². The molecule has 2 aromatic rings. The van der Waals surface area contributed by atoms with Crippen LogP contribution >= 0.6 is 11.6 Å². The molecule has 0 spiro atoms. The summed E-state index contributed by atoms with van der Waals surface area (Å²) in [5, 5.41) is -0.223. The van der Waals surface area contributed by atoms with Gasteiger partial charge in [0.2, 0.25) is 0 Å². The number of sulfonamides is 1. The predicted octanol–water partition coefficient (Wildman–Crippen LogP) is 3.48. The number of hydrogen-bond acceptors (Lipinski definition) is 3. The van der Waals surface area contributed by atoms with Crippen molar-refractivity contribution < 1.29 is 12.8 Å². The summed E-state index contributed by atoms with van der Waals surface area (Å²) in [6.45, 7) is 3.67. The van der Waals surface area contributed by atoms with E-state index in [0.717, 1.165) is 23.3 Å². The van der Waals surface area contributed by atoms with Crippen LogP contribution in [-0.4, -0.2) is 8.42 Å². The second kappa shape index (κ2) is 5.54. The molecule has 0 saturated heterocycles. The number of nitrogen functional groups attached to an aromatic ring is 1. The Morgan fingerprint density at radius 2 is 1.90 bits per heavy atom. The van der Waals surface area contributed by atoms with E-state index in [0.29, 0.717) is 5.69 Å². The van der Waals surface area contributed by atoms with E-state index >= 15 is 0 Å². The van der Waals surface area contributed by atoms with Gasteiger partial charge < -0.3 is 5.73 Å². The minimum atomic E-state index is -3.95. The lowest BCUT2D eigenvalue weighted by atomic mass is 10.1. The SMILES string of the molecule is Cc1cccc(NS(=O)(=O)c2cc(N)c(F)cc2Cl)c1C. The Morgan fingerprint density at radius 1 is 1.24 bits per heavy atom. The molecule has 7 heteroatoms. The maximum atomic E-state index is 13.3. The van der Waals surface area contributed by atoms with Crippen LogP contribution in [-0.2, 0) is 10.0 Å². The first-order chi connectivity index (χ1) is 9.72. The Morgan fingerprint density at radius 3 is 2.57 bits per heavy atom. The lowest BCUT2D eigenvalue weighted by molar-refractivity contribution is 0.600. The first-order valence-corrected chi connectivity index (χ1v) is 7.92. The Balaban J connectivity index is 2.48. The Hall–Kier alpha value is -1.79. The van der Waals surface area contributed by atoms with Gasteiger partial charge in [-0.2, -0.15) is 0 Å². The smallest absolute Gasteiger partial charge is 0.263 e. The molecular weight excluding hydrogens is 315 g/mol. The van der Waals surface area contributed by atoms with Gasteiger partial charge in [0.15, 0.2) is 0 Å². The van der Waals surface area contributed by atoms with Gasteiger partial charge in [-0.25, -0.2) is 12.8 Å². The molecule has 0 aliphatic carbocycles. The molecule has 0 saturated carbocycles. The van der Waals surface area contributed by atoms with Crippen LogP contribution in [0.1, 0.15) is 11.1 Å². The van der Waals surface area contributed by atoms with Crippen molar-refractivity contribution >= 4 is 33.0 Å². The van der Waals surface area contributed by atoms with Crippen molar-refractivity contribution in [3.05, 3.63) is 52.3 Å².